The molecule has 0 atom stereocenters. The predicted molar refractivity (Wildman–Crippen MR) is 95.0 cm³/mol. The number of para-hydroxylation sites is 1. The highest BCUT2D eigenvalue weighted by atomic mass is 127. The van der Waals surface area contributed by atoms with Gasteiger partial charge in [-0.1, -0.05) is 30.3 Å². The SMILES string of the molecule is N#C/C(=C\c1ccccc1I)c1nc2ccccc2c(=O)[nH]1. The Kier molecular flexibility index (Phi) is 4.02. The first-order chi connectivity index (χ1) is 10.7. The average Bonchev–Trinajstić information content (AvgIpc) is 2.54. The normalized spacial score (nSPS) is 11.4. The number of nitriles is 1. The van der Waals surface area contributed by atoms with Crippen molar-refractivity contribution in [1.29, 1.82) is 5.26 Å². The van der Waals surface area contributed by atoms with Crippen molar-refractivity contribution in [3.05, 3.63) is 73.8 Å². The lowest BCUT2D eigenvalue weighted by atomic mass is 10.1. The molecule has 0 spiro atoms. The summed E-state index contributed by atoms with van der Waals surface area (Å²) in [5, 5.41) is 9.92. The number of benzene rings is 2. The van der Waals surface area contributed by atoms with Crippen LogP contribution in [0.25, 0.3) is 22.6 Å². The first kappa shape index (κ1) is 14.5. The van der Waals surface area contributed by atoms with E-state index in [4.69, 9.17) is 0 Å². The van der Waals surface area contributed by atoms with Crippen molar-refractivity contribution < 1.29 is 0 Å². The zero-order valence-electron chi connectivity index (χ0n) is 11.4. The van der Waals surface area contributed by atoms with Crippen molar-refractivity contribution >= 4 is 45.1 Å². The first-order valence-electron chi connectivity index (χ1n) is 6.55. The number of aromatic nitrogens is 2. The van der Waals surface area contributed by atoms with E-state index >= 15 is 0 Å². The molecule has 0 saturated heterocycles. The topological polar surface area (TPSA) is 69.5 Å². The van der Waals surface area contributed by atoms with Crippen molar-refractivity contribution in [2.24, 2.45) is 0 Å². The molecule has 3 aromatic rings. The second-order valence-electron chi connectivity index (χ2n) is 4.62. The minimum atomic E-state index is -0.246. The molecule has 0 aliphatic heterocycles. The summed E-state index contributed by atoms with van der Waals surface area (Å²) in [6.07, 6.45) is 1.73. The zero-order chi connectivity index (χ0) is 15.5. The lowest BCUT2D eigenvalue weighted by Gasteiger charge is -2.03. The van der Waals surface area contributed by atoms with Gasteiger partial charge < -0.3 is 4.98 Å². The van der Waals surface area contributed by atoms with E-state index in [1.807, 2.05) is 30.3 Å². The van der Waals surface area contributed by atoms with Crippen molar-refractivity contribution in [1.82, 2.24) is 9.97 Å². The second-order valence-corrected chi connectivity index (χ2v) is 5.79. The smallest absolute Gasteiger partial charge is 0.259 e. The Morgan fingerprint density at radius 1 is 1.18 bits per heavy atom. The molecule has 0 radical (unpaired) electrons. The van der Waals surface area contributed by atoms with Gasteiger partial charge in [0, 0.05) is 3.57 Å². The number of hydrogen-bond donors (Lipinski definition) is 1. The Morgan fingerprint density at radius 3 is 2.68 bits per heavy atom. The van der Waals surface area contributed by atoms with Gasteiger partial charge in [0.2, 0.25) is 0 Å². The van der Waals surface area contributed by atoms with Gasteiger partial charge in [-0.2, -0.15) is 5.26 Å². The maximum Gasteiger partial charge on any atom is 0.259 e. The molecule has 1 aromatic heterocycles. The number of nitrogens with zero attached hydrogens (tertiary/aromatic N) is 2. The lowest BCUT2D eigenvalue weighted by Crippen LogP contribution is -2.11. The molecule has 0 aliphatic carbocycles. The van der Waals surface area contributed by atoms with Crippen LogP contribution in [0.5, 0.6) is 0 Å². The third kappa shape index (κ3) is 2.78. The third-order valence-electron chi connectivity index (χ3n) is 3.19. The number of aromatic amines is 1. The summed E-state index contributed by atoms with van der Waals surface area (Å²) in [5.74, 6) is 0.283. The van der Waals surface area contributed by atoms with Crippen LogP contribution in [0.2, 0.25) is 0 Å². The summed E-state index contributed by atoms with van der Waals surface area (Å²) in [6, 6.07) is 16.9. The van der Waals surface area contributed by atoms with Gasteiger partial charge in [0.25, 0.3) is 5.56 Å². The molecule has 106 valence electrons. The van der Waals surface area contributed by atoms with Gasteiger partial charge in [-0.15, -0.1) is 0 Å². The summed E-state index contributed by atoms with van der Waals surface area (Å²) >= 11 is 2.20. The van der Waals surface area contributed by atoms with Crippen LogP contribution in [0.4, 0.5) is 0 Å². The molecule has 22 heavy (non-hydrogen) atoms. The van der Waals surface area contributed by atoms with Crippen molar-refractivity contribution in [3.63, 3.8) is 0 Å². The third-order valence-corrected chi connectivity index (χ3v) is 4.18. The van der Waals surface area contributed by atoms with Crippen LogP contribution in [0.3, 0.4) is 0 Å². The maximum absolute atomic E-state index is 12.1. The Balaban J connectivity index is 2.18. The van der Waals surface area contributed by atoms with Crippen LogP contribution in [0, 0.1) is 14.9 Å². The molecule has 2 aromatic carbocycles. The molecule has 1 heterocycles. The van der Waals surface area contributed by atoms with Gasteiger partial charge >= 0.3 is 0 Å². The fourth-order valence-electron chi connectivity index (χ4n) is 2.12. The van der Waals surface area contributed by atoms with Gasteiger partial charge in [0.05, 0.1) is 16.5 Å². The van der Waals surface area contributed by atoms with E-state index in [0.717, 1.165) is 9.13 Å². The Bertz CT molecular complexity index is 983. The standard InChI is InChI=1S/C17H10IN3O/c18-14-7-3-1-5-11(14)9-12(10-19)16-20-15-8-4-2-6-13(15)17(22)21-16/h1-9H,(H,20,21,22)/b12-9+. The molecule has 0 aliphatic rings. The summed E-state index contributed by atoms with van der Waals surface area (Å²) in [6.45, 7) is 0. The quantitative estimate of drug-likeness (QED) is 0.529. The summed E-state index contributed by atoms with van der Waals surface area (Å²) < 4.78 is 1.02. The number of hydrogen-bond acceptors (Lipinski definition) is 3. The summed E-state index contributed by atoms with van der Waals surface area (Å²) in [7, 11) is 0. The number of allylic oxidation sites excluding steroid dienone is 1. The largest absolute Gasteiger partial charge is 0.305 e. The Labute approximate surface area is 140 Å². The molecular weight excluding hydrogens is 389 g/mol. The first-order valence-corrected chi connectivity index (χ1v) is 7.62. The van der Waals surface area contributed by atoms with Crippen molar-refractivity contribution in [2.45, 2.75) is 0 Å². The molecule has 5 heteroatoms. The van der Waals surface area contributed by atoms with Gasteiger partial charge in [-0.3, -0.25) is 4.79 Å². The van der Waals surface area contributed by atoms with E-state index in [1.54, 1.807) is 24.3 Å². The van der Waals surface area contributed by atoms with Gasteiger partial charge in [0.15, 0.2) is 5.82 Å². The van der Waals surface area contributed by atoms with Gasteiger partial charge in [-0.05, 0) is 52.4 Å². The highest BCUT2D eigenvalue weighted by Gasteiger charge is 2.08. The number of nitrogens with one attached hydrogen (secondary N) is 1. The Hall–Kier alpha value is -2.46. The zero-order valence-corrected chi connectivity index (χ0v) is 13.5. The van der Waals surface area contributed by atoms with E-state index in [9.17, 15) is 10.1 Å². The van der Waals surface area contributed by atoms with Gasteiger partial charge in [-0.25, -0.2) is 4.98 Å². The van der Waals surface area contributed by atoms with E-state index in [-0.39, 0.29) is 11.4 Å². The molecular formula is C17H10IN3O. The highest BCUT2D eigenvalue weighted by Crippen LogP contribution is 2.19. The van der Waals surface area contributed by atoms with E-state index < -0.39 is 0 Å². The van der Waals surface area contributed by atoms with E-state index in [1.165, 1.54) is 0 Å². The fourth-order valence-corrected chi connectivity index (χ4v) is 2.66. The van der Waals surface area contributed by atoms with E-state index in [2.05, 4.69) is 38.6 Å². The number of halogens is 1. The minimum Gasteiger partial charge on any atom is -0.305 e. The average molecular weight is 399 g/mol. The van der Waals surface area contributed by atoms with Crippen LogP contribution < -0.4 is 5.56 Å². The molecule has 3 rings (SSSR count). The van der Waals surface area contributed by atoms with Crippen molar-refractivity contribution in [3.8, 4) is 6.07 Å². The molecule has 0 bridgehead atoms. The summed E-state index contributed by atoms with van der Waals surface area (Å²) in [5.41, 5.74) is 1.57. The van der Waals surface area contributed by atoms with Crippen LogP contribution >= 0.6 is 22.6 Å². The van der Waals surface area contributed by atoms with Crippen LogP contribution in [-0.2, 0) is 0 Å². The van der Waals surface area contributed by atoms with Crippen LogP contribution in [0.15, 0.2) is 53.3 Å². The summed E-state index contributed by atoms with van der Waals surface area (Å²) in [4.78, 5) is 19.2. The molecule has 1 N–H and O–H groups in total. The number of fused-ring (bicyclic) bond motifs is 1. The molecule has 4 nitrogen and oxygen atoms in total. The maximum atomic E-state index is 12.1. The van der Waals surface area contributed by atoms with E-state index in [0.29, 0.717) is 16.5 Å². The molecule has 0 fully saturated rings. The predicted octanol–water partition coefficient (Wildman–Crippen LogP) is 3.59. The Morgan fingerprint density at radius 2 is 1.91 bits per heavy atom. The monoisotopic (exact) mass is 399 g/mol. The molecule has 0 amide bonds. The van der Waals surface area contributed by atoms with Crippen LogP contribution in [-0.4, -0.2) is 9.97 Å². The fraction of sp³-hybridized carbons (Fsp3) is 0. The highest BCUT2D eigenvalue weighted by molar-refractivity contribution is 14.1. The number of rotatable bonds is 2. The number of H-pyrrole nitrogens is 1. The van der Waals surface area contributed by atoms with Gasteiger partial charge in [0.1, 0.15) is 6.07 Å². The van der Waals surface area contributed by atoms with Crippen LogP contribution in [0.1, 0.15) is 11.4 Å². The molecule has 0 saturated carbocycles. The second kappa shape index (κ2) is 6.12. The van der Waals surface area contributed by atoms with Crippen molar-refractivity contribution in [2.75, 3.05) is 0 Å². The lowest BCUT2D eigenvalue weighted by molar-refractivity contribution is 1.13. The molecule has 0 unspecified atom stereocenters. The minimum absolute atomic E-state index is 0.246.